The van der Waals surface area contributed by atoms with Crippen LogP contribution in [0.4, 0.5) is 8.78 Å². The summed E-state index contributed by atoms with van der Waals surface area (Å²) in [4.78, 5) is 0. The fraction of sp³-hybridized carbons (Fsp3) is 0.286. The Morgan fingerprint density at radius 1 is 1.00 bits per heavy atom. The normalized spacial score (nSPS) is 14.2. The summed E-state index contributed by atoms with van der Waals surface area (Å²) in [6.07, 6.45) is -1.61. The van der Waals surface area contributed by atoms with Crippen molar-refractivity contribution < 1.29 is 19.0 Å². The molecule has 6 heteroatoms. The number of aliphatic hydroxyl groups excluding tert-OH is 2. The van der Waals surface area contributed by atoms with Crippen molar-refractivity contribution in [3.63, 3.8) is 0 Å². The van der Waals surface area contributed by atoms with Gasteiger partial charge in [0.1, 0.15) is 0 Å². The van der Waals surface area contributed by atoms with E-state index in [0.29, 0.717) is 5.56 Å². The van der Waals surface area contributed by atoms with Crippen molar-refractivity contribution in [3.05, 3.63) is 57.8 Å². The average molecular weight is 299 g/mol. The zero-order valence-electron chi connectivity index (χ0n) is 10.6. The highest BCUT2D eigenvalue weighted by Crippen LogP contribution is 2.17. The van der Waals surface area contributed by atoms with Crippen LogP contribution in [0.2, 0.25) is 0 Å². The van der Waals surface area contributed by atoms with E-state index in [2.05, 4.69) is 5.32 Å². The van der Waals surface area contributed by atoms with Crippen LogP contribution >= 0.6 is 11.3 Å². The number of hydrogen-bond acceptors (Lipinski definition) is 4. The summed E-state index contributed by atoms with van der Waals surface area (Å²) >= 11 is 1.49. The highest BCUT2D eigenvalue weighted by molar-refractivity contribution is 7.07. The molecule has 0 saturated carbocycles. The van der Waals surface area contributed by atoms with Crippen LogP contribution in [0.15, 0.2) is 35.0 Å². The minimum absolute atomic E-state index is 0.145. The number of benzene rings is 1. The maximum absolute atomic E-state index is 13.0. The van der Waals surface area contributed by atoms with E-state index in [1.54, 1.807) is 0 Å². The van der Waals surface area contributed by atoms with Gasteiger partial charge in [-0.3, -0.25) is 0 Å². The third kappa shape index (κ3) is 3.83. The topological polar surface area (TPSA) is 52.5 Å². The van der Waals surface area contributed by atoms with Crippen LogP contribution in [-0.4, -0.2) is 23.3 Å². The molecule has 1 aromatic heterocycles. The van der Waals surface area contributed by atoms with Crippen LogP contribution in [0, 0.1) is 11.6 Å². The zero-order valence-corrected chi connectivity index (χ0v) is 11.4. The first-order chi connectivity index (χ1) is 9.58. The summed E-state index contributed by atoms with van der Waals surface area (Å²) in [5.41, 5.74) is 1.10. The van der Waals surface area contributed by atoms with Gasteiger partial charge in [-0.25, -0.2) is 8.78 Å². The van der Waals surface area contributed by atoms with Gasteiger partial charge >= 0.3 is 0 Å². The van der Waals surface area contributed by atoms with E-state index in [4.69, 9.17) is 0 Å². The van der Waals surface area contributed by atoms with Crippen molar-refractivity contribution in [1.82, 2.24) is 5.32 Å². The van der Waals surface area contributed by atoms with Crippen molar-refractivity contribution in [2.45, 2.75) is 12.2 Å². The maximum atomic E-state index is 13.0. The van der Waals surface area contributed by atoms with Gasteiger partial charge in [0.05, 0.1) is 12.2 Å². The van der Waals surface area contributed by atoms with Gasteiger partial charge in [0.15, 0.2) is 11.6 Å². The molecule has 0 saturated heterocycles. The van der Waals surface area contributed by atoms with Crippen molar-refractivity contribution in [3.8, 4) is 0 Å². The zero-order chi connectivity index (χ0) is 14.5. The molecule has 0 bridgehead atoms. The number of halogens is 2. The smallest absolute Gasteiger partial charge is 0.159 e. The Bertz CT molecular complexity index is 548. The molecule has 2 aromatic rings. The van der Waals surface area contributed by atoms with Gasteiger partial charge in [0, 0.05) is 13.1 Å². The fourth-order valence-electron chi connectivity index (χ4n) is 1.78. The highest BCUT2D eigenvalue weighted by atomic mass is 32.1. The van der Waals surface area contributed by atoms with Crippen molar-refractivity contribution in [1.29, 1.82) is 0 Å². The number of nitrogens with one attached hydrogen (secondary N) is 1. The summed E-state index contributed by atoms with van der Waals surface area (Å²) in [5.74, 6) is -1.93. The molecular weight excluding hydrogens is 284 g/mol. The molecule has 3 nitrogen and oxygen atoms in total. The Balaban J connectivity index is 1.83. The van der Waals surface area contributed by atoms with Gasteiger partial charge in [0.25, 0.3) is 0 Å². The van der Waals surface area contributed by atoms with Crippen LogP contribution in [0.1, 0.15) is 23.3 Å². The molecule has 2 atom stereocenters. The molecule has 2 rings (SSSR count). The number of thiophene rings is 1. The van der Waals surface area contributed by atoms with E-state index in [0.717, 1.165) is 17.7 Å². The fourth-order valence-corrected chi connectivity index (χ4v) is 2.48. The van der Waals surface area contributed by atoms with Gasteiger partial charge in [0.2, 0.25) is 0 Å². The number of aliphatic hydroxyl groups is 2. The van der Waals surface area contributed by atoms with E-state index in [1.165, 1.54) is 17.4 Å². The predicted octanol–water partition coefficient (Wildman–Crippen LogP) is 2.38. The average Bonchev–Trinajstić information content (AvgIpc) is 2.95. The molecule has 0 spiro atoms. The quantitative estimate of drug-likeness (QED) is 0.767. The molecular formula is C14H15F2NO2S. The van der Waals surface area contributed by atoms with Crippen LogP contribution in [0.25, 0.3) is 0 Å². The van der Waals surface area contributed by atoms with Gasteiger partial charge < -0.3 is 15.5 Å². The molecule has 2 unspecified atom stereocenters. The molecule has 0 aliphatic rings. The molecule has 1 aromatic carbocycles. The largest absolute Gasteiger partial charge is 0.387 e. The Labute approximate surface area is 119 Å². The molecule has 0 fully saturated rings. The molecule has 0 aliphatic heterocycles. The molecule has 20 heavy (non-hydrogen) atoms. The van der Waals surface area contributed by atoms with Crippen molar-refractivity contribution >= 4 is 11.3 Å². The third-order valence-electron chi connectivity index (χ3n) is 2.93. The summed E-state index contributed by atoms with van der Waals surface area (Å²) < 4.78 is 25.8. The second-order valence-electron chi connectivity index (χ2n) is 4.42. The second-order valence-corrected chi connectivity index (χ2v) is 5.20. The summed E-state index contributed by atoms with van der Waals surface area (Å²) in [5, 5.41) is 26.3. The van der Waals surface area contributed by atoms with Crippen LogP contribution in [-0.2, 0) is 0 Å². The number of rotatable bonds is 6. The van der Waals surface area contributed by atoms with Gasteiger partial charge in [-0.15, -0.1) is 0 Å². The Morgan fingerprint density at radius 2 is 1.70 bits per heavy atom. The van der Waals surface area contributed by atoms with Crippen LogP contribution < -0.4 is 5.32 Å². The molecule has 1 heterocycles. The monoisotopic (exact) mass is 299 g/mol. The van der Waals surface area contributed by atoms with E-state index >= 15 is 0 Å². The van der Waals surface area contributed by atoms with E-state index in [9.17, 15) is 19.0 Å². The standard InChI is InChI=1S/C14H15F2NO2S/c15-11-2-1-9(5-12(11)16)13(18)6-17-7-14(19)10-3-4-20-8-10/h1-5,8,13-14,17-19H,6-7H2. The molecule has 0 aliphatic carbocycles. The Hall–Kier alpha value is -1.34. The number of hydrogen-bond donors (Lipinski definition) is 3. The first-order valence-electron chi connectivity index (χ1n) is 6.12. The van der Waals surface area contributed by atoms with Crippen LogP contribution in [0.5, 0.6) is 0 Å². The van der Waals surface area contributed by atoms with E-state index in [-0.39, 0.29) is 13.1 Å². The second kappa shape index (κ2) is 6.90. The van der Waals surface area contributed by atoms with E-state index < -0.39 is 23.8 Å². The first-order valence-corrected chi connectivity index (χ1v) is 7.06. The Kier molecular flexibility index (Phi) is 5.19. The van der Waals surface area contributed by atoms with E-state index in [1.807, 2.05) is 16.8 Å². The minimum atomic E-state index is -0.986. The Morgan fingerprint density at radius 3 is 2.30 bits per heavy atom. The summed E-state index contributed by atoms with van der Waals surface area (Å²) in [6.45, 7) is 0.420. The third-order valence-corrected chi connectivity index (χ3v) is 3.63. The molecule has 0 radical (unpaired) electrons. The van der Waals surface area contributed by atoms with Crippen molar-refractivity contribution in [2.24, 2.45) is 0 Å². The predicted molar refractivity (Wildman–Crippen MR) is 73.5 cm³/mol. The summed E-state index contributed by atoms with van der Waals surface area (Å²) in [7, 11) is 0. The maximum Gasteiger partial charge on any atom is 0.159 e. The summed E-state index contributed by atoms with van der Waals surface area (Å²) in [6, 6.07) is 5.11. The lowest BCUT2D eigenvalue weighted by atomic mass is 10.1. The minimum Gasteiger partial charge on any atom is -0.387 e. The molecule has 0 amide bonds. The lowest BCUT2D eigenvalue weighted by Gasteiger charge is -2.15. The van der Waals surface area contributed by atoms with Crippen molar-refractivity contribution in [2.75, 3.05) is 13.1 Å². The van der Waals surface area contributed by atoms with Gasteiger partial charge in [-0.05, 0) is 40.1 Å². The van der Waals surface area contributed by atoms with Gasteiger partial charge in [-0.1, -0.05) is 6.07 Å². The van der Waals surface area contributed by atoms with Crippen LogP contribution in [0.3, 0.4) is 0 Å². The van der Waals surface area contributed by atoms with Gasteiger partial charge in [-0.2, -0.15) is 11.3 Å². The lowest BCUT2D eigenvalue weighted by Crippen LogP contribution is -2.26. The first kappa shape index (κ1) is 15.1. The SMILES string of the molecule is OC(CNCC(O)c1ccc(F)c(F)c1)c1ccsc1. The lowest BCUT2D eigenvalue weighted by molar-refractivity contribution is 0.147. The molecule has 3 N–H and O–H groups in total. The molecule has 108 valence electrons. The highest BCUT2D eigenvalue weighted by Gasteiger charge is 2.12.